The van der Waals surface area contributed by atoms with Gasteiger partial charge in [0.1, 0.15) is 0 Å². The summed E-state index contributed by atoms with van der Waals surface area (Å²) in [5.74, 6) is 0. The van der Waals surface area contributed by atoms with Gasteiger partial charge in [-0.05, 0) is 0 Å². The average molecular weight is 401 g/mol. The largest absolute Gasteiger partial charge is 2.00 e. The summed E-state index contributed by atoms with van der Waals surface area (Å²) >= 11 is 0. The summed E-state index contributed by atoms with van der Waals surface area (Å²) in [5, 5.41) is 15.8. The second-order valence-electron chi connectivity index (χ2n) is 2.66. The Morgan fingerprint density at radius 3 is 1.27 bits per heavy atom. The van der Waals surface area contributed by atoms with E-state index < -0.39 is 0 Å². The van der Waals surface area contributed by atoms with Crippen molar-refractivity contribution in [2.45, 2.75) is 37.8 Å². The molecule has 0 aromatic rings. The molecule has 0 amide bonds. The zero-order valence-corrected chi connectivity index (χ0v) is 10.2. The summed E-state index contributed by atoms with van der Waals surface area (Å²) in [6, 6.07) is -0.160. The standard InChI is InChI=1S/C6H12N2.2HNO2.Pt/c7-5-3-1-2-4-6(5)8;2*2-1-3;/h5-8H,1-4H2;2*(H,2,3);/q-2;;;+2. The van der Waals surface area contributed by atoms with Crippen molar-refractivity contribution >= 4 is 0 Å². The van der Waals surface area contributed by atoms with E-state index in [1.165, 1.54) is 23.5 Å². The van der Waals surface area contributed by atoms with Gasteiger partial charge in [-0.3, -0.25) is 0 Å². The van der Waals surface area contributed by atoms with Crippen LogP contribution in [0.15, 0.2) is 10.7 Å². The number of nitrogens with one attached hydrogen (secondary N) is 2. The molecule has 15 heavy (non-hydrogen) atoms. The summed E-state index contributed by atoms with van der Waals surface area (Å²) in [6.45, 7) is 0. The van der Waals surface area contributed by atoms with E-state index in [4.69, 9.17) is 31.7 Å². The van der Waals surface area contributed by atoms with Crippen LogP contribution in [0.2, 0.25) is 0 Å². The van der Waals surface area contributed by atoms with Crippen molar-refractivity contribution in [3.63, 3.8) is 0 Å². The molecule has 2 atom stereocenters. The molecule has 0 spiro atoms. The molecule has 9 heteroatoms. The first-order valence-corrected chi connectivity index (χ1v) is 3.99. The van der Waals surface area contributed by atoms with E-state index >= 15 is 0 Å². The molecule has 0 aromatic heterocycles. The summed E-state index contributed by atoms with van der Waals surface area (Å²) in [6.07, 6.45) is 4.25. The van der Waals surface area contributed by atoms with Crippen LogP contribution >= 0.6 is 0 Å². The average Bonchev–Trinajstić information content (AvgIpc) is 2.13. The Balaban J connectivity index is -0.000000177. The van der Waals surface area contributed by atoms with Gasteiger partial charge in [0.15, 0.2) is 10.7 Å². The minimum absolute atomic E-state index is 0. The molecular weight excluding hydrogens is 387 g/mol. The number of rotatable bonds is 0. The summed E-state index contributed by atoms with van der Waals surface area (Å²) < 4.78 is 0. The molecule has 1 rings (SSSR count). The molecule has 92 valence electrons. The van der Waals surface area contributed by atoms with Crippen LogP contribution in [-0.2, 0) is 21.1 Å². The molecular formula is C6H14N4O4Pt. The third-order valence-electron chi connectivity index (χ3n) is 1.77. The monoisotopic (exact) mass is 401 g/mol. The topological polar surface area (TPSA) is 147 Å². The maximum atomic E-state index is 8.11. The van der Waals surface area contributed by atoms with E-state index in [-0.39, 0.29) is 33.1 Å². The first-order valence-electron chi connectivity index (χ1n) is 3.99. The number of hydrogen-bond acceptors (Lipinski definition) is 4. The van der Waals surface area contributed by atoms with Gasteiger partial charge in [0.25, 0.3) is 0 Å². The van der Waals surface area contributed by atoms with Gasteiger partial charge in [0, 0.05) is 0 Å². The van der Waals surface area contributed by atoms with E-state index in [1.807, 2.05) is 0 Å². The molecule has 0 aromatic carbocycles. The Morgan fingerprint density at radius 1 is 0.933 bits per heavy atom. The molecule has 0 heterocycles. The quantitative estimate of drug-likeness (QED) is 0.474. The fraction of sp³-hybridized carbons (Fsp3) is 1.00. The van der Waals surface area contributed by atoms with Gasteiger partial charge in [-0.2, -0.15) is 12.1 Å². The fourth-order valence-corrected chi connectivity index (χ4v) is 1.13. The van der Waals surface area contributed by atoms with Crippen LogP contribution in [-0.4, -0.2) is 22.5 Å². The van der Waals surface area contributed by atoms with Gasteiger partial charge in [-0.1, -0.05) is 25.7 Å². The van der Waals surface area contributed by atoms with Crippen molar-refractivity contribution in [1.82, 2.24) is 0 Å². The Bertz CT molecular complexity index is 135. The Kier molecular flexibility index (Phi) is 21.0. The second kappa shape index (κ2) is 15.9. The van der Waals surface area contributed by atoms with Crippen LogP contribution in [0.25, 0.3) is 11.5 Å². The van der Waals surface area contributed by atoms with Gasteiger partial charge >= 0.3 is 21.1 Å². The van der Waals surface area contributed by atoms with E-state index in [2.05, 4.69) is 0 Å². The van der Waals surface area contributed by atoms with Gasteiger partial charge in [-0.15, -0.1) is 9.81 Å². The summed E-state index contributed by atoms with van der Waals surface area (Å²) in [5.41, 5.74) is 14.6. The Labute approximate surface area is 102 Å². The van der Waals surface area contributed by atoms with Gasteiger partial charge in [-0.25, -0.2) is 0 Å². The second-order valence-corrected chi connectivity index (χ2v) is 2.66. The zero-order chi connectivity index (χ0) is 11.4. The Morgan fingerprint density at radius 2 is 1.13 bits per heavy atom. The molecule has 4 N–H and O–H groups in total. The molecule has 0 radical (unpaired) electrons. The summed E-state index contributed by atoms with van der Waals surface area (Å²) in [4.78, 5) is 16.2. The van der Waals surface area contributed by atoms with Gasteiger partial charge in [0.2, 0.25) is 0 Å². The van der Waals surface area contributed by atoms with Crippen molar-refractivity contribution < 1.29 is 31.5 Å². The number of nitrogens with zero attached hydrogens (tertiary/aromatic N) is 2. The third-order valence-corrected chi connectivity index (χ3v) is 1.77. The van der Waals surface area contributed by atoms with Crippen molar-refractivity contribution in [1.29, 1.82) is 0 Å². The predicted octanol–water partition coefficient (Wildman–Crippen LogP) is 2.68. The zero-order valence-electron chi connectivity index (χ0n) is 7.90. The van der Waals surface area contributed by atoms with E-state index in [9.17, 15) is 0 Å². The first kappa shape index (κ1) is 19.9. The predicted molar refractivity (Wildman–Crippen MR) is 49.9 cm³/mol. The third kappa shape index (κ3) is 16.1. The molecule has 1 fully saturated rings. The Hall–Kier alpha value is -0.592. The maximum absolute atomic E-state index is 8.11. The molecule has 0 aliphatic heterocycles. The van der Waals surface area contributed by atoms with E-state index in [0.717, 1.165) is 12.8 Å². The molecule has 1 saturated carbocycles. The van der Waals surface area contributed by atoms with Crippen LogP contribution in [0.3, 0.4) is 0 Å². The van der Waals surface area contributed by atoms with Crippen LogP contribution in [0.5, 0.6) is 0 Å². The van der Waals surface area contributed by atoms with Crippen LogP contribution in [0.4, 0.5) is 0 Å². The summed E-state index contributed by atoms with van der Waals surface area (Å²) in [7, 11) is 0. The minimum Gasteiger partial charge on any atom is -0.676 e. The van der Waals surface area contributed by atoms with Gasteiger partial charge in [0.05, 0.1) is 0 Å². The van der Waals surface area contributed by atoms with Crippen molar-refractivity contribution in [2.75, 3.05) is 0 Å². The normalized spacial score (nSPS) is 22.8. The van der Waals surface area contributed by atoms with Crippen molar-refractivity contribution in [3.05, 3.63) is 21.3 Å². The van der Waals surface area contributed by atoms with E-state index in [1.54, 1.807) is 0 Å². The van der Waals surface area contributed by atoms with Gasteiger partial charge < -0.3 is 21.9 Å². The smallest absolute Gasteiger partial charge is 0.676 e. The van der Waals surface area contributed by atoms with Crippen LogP contribution in [0, 0.1) is 9.81 Å². The number of hydrogen-bond donors (Lipinski definition) is 2. The maximum Gasteiger partial charge on any atom is 2.00 e. The van der Waals surface area contributed by atoms with Crippen molar-refractivity contribution in [3.8, 4) is 0 Å². The molecule has 1 aliphatic carbocycles. The van der Waals surface area contributed by atoms with E-state index in [0.29, 0.717) is 0 Å². The SMILES string of the molecule is O=NO.O=NO.[NH-]C1CCCCC1[NH-].[Pt+2]. The first-order chi connectivity index (χ1) is 6.63. The molecule has 1 aliphatic rings. The van der Waals surface area contributed by atoms with Crippen LogP contribution in [0.1, 0.15) is 25.7 Å². The molecule has 8 nitrogen and oxygen atoms in total. The molecule has 0 saturated heterocycles. The minimum atomic E-state index is -0.0799. The van der Waals surface area contributed by atoms with Crippen LogP contribution < -0.4 is 0 Å². The molecule has 0 bridgehead atoms. The van der Waals surface area contributed by atoms with Crippen molar-refractivity contribution in [2.24, 2.45) is 10.7 Å². The fourth-order valence-electron chi connectivity index (χ4n) is 1.13. The molecule has 2 unspecified atom stereocenters.